The van der Waals surface area contributed by atoms with Crippen molar-refractivity contribution in [2.24, 2.45) is 0 Å². The lowest BCUT2D eigenvalue weighted by molar-refractivity contribution is 0.0389. The van der Waals surface area contributed by atoms with Gasteiger partial charge in [0.05, 0.1) is 31.0 Å². The lowest BCUT2D eigenvalue weighted by Gasteiger charge is -2.27. The molecule has 0 radical (unpaired) electrons. The number of hydrogen-bond donors (Lipinski definition) is 3. The van der Waals surface area contributed by atoms with E-state index < -0.39 is 5.54 Å². The van der Waals surface area contributed by atoms with Gasteiger partial charge in [-0.3, -0.25) is 0 Å². The molecule has 0 amide bonds. The van der Waals surface area contributed by atoms with Gasteiger partial charge in [0, 0.05) is 6.54 Å². The summed E-state index contributed by atoms with van der Waals surface area (Å²) in [5, 5.41) is 21.2. The van der Waals surface area contributed by atoms with Crippen molar-refractivity contribution in [3.05, 3.63) is 0 Å². The fourth-order valence-electron chi connectivity index (χ4n) is 1.56. The molecule has 1 rings (SSSR count). The fraction of sp³-hybridized carbons (Fsp3) is 1.00. The number of aliphatic hydroxyl groups excluding tert-OH is 2. The molecule has 0 aromatic rings. The van der Waals surface area contributed by atoms with Gasteiger partial charge in [0.15, 0.2) is 0 Å². The third-order valence-corrected chi connectivity index (χ3v) is 2.77. The Morgan fingerprint density at radius 1 is 1.36 bits per heavy atom. The summed E-state index contributed by atoms with van der Waals surface area (Å²) in [7, 11) is 0. The van der Waals surface area contributed by atoms with Crippen LogP contribution in [0.25, 0.3) is 0 Å². The molecule has 2 atom stereocenters. The molecule has 2 unspecified atom stereocenters. The molecule has 0 spiro atoms. The third-order valence-electron chi connectivity index (χ3n) is 2.77. The van der Waals surface area contributed by atoms with Crippen molar-refractivity contribution in [1.29, 1.82) is 0 Å². The summed E-state index contributed by atoms with van der Waals surface area (Å²) in [5.74, 6) is 0. The maximum Gasteiger partial charge on any atom is 0.0704 e. The summed E-state index contributed by atoms with van der Waals surface area (Å²) in [4.78, 5) is 0. The van der Waals surface area contributed by atoms with Gasteiger partial charge in [-0.15, -0.1) is 0 Å². The van der Waals surface area contributed by atoms with Crippen molar-refractivity contribution < 1.29 is 14.9 Å². The number of hydrogen-bond acceptors (Lipinski definition) is 4. The smallest absolute Gasteiger partial charge is 0.0704 e. The Bertz CT molecular complexity index is 171. The summed E-state index contributed by atoms with van der Waals surface area (Å²) in [6.07, 6.45) is 2.72. The molecule has 0 aromatic carbocycles. The van der Waals surface area contributed by atoms with Crippen LogP contribution in [0.15, 0.2) is 0 Å². The van der Waals surface area contributed by atoms with Crippen molar-refractivity contribution in [3.8, 4) is 0 Å². The first-order valence-electron chi connectivity index (χ1n) is 5.22. The van der Waals surface area contributed by atoms with Gasteiger partial charge in [0.1, 0.15) is 0 Å². The van der Waals surface area contributed by atoms with Crippen molar-refractivity contribution in [2.45, 2.75) is 44.4 Å². The monoisotopic (exact) mass is 203 g/mol. The summed E-state index contributed by atoms with van der Waals surface area (Å²) in [5.41, 5.74) is -0.588. The van der Waals surface area contributed by atoms with Crippen LogP contribution in [0.4, 0.5) is 0 Å². The van der Waals surface area contributed by atoms with E-state index >= 15 is 0 Å². The van der Waals surface area contributed by atoms with Gasteiger partial charge in [-0.2, -0.15) is 0 Å². The fourth-order valence-corrected chi connectivity index (χ4v) is 1.56. The average molecular weight is 203 g/mol. The molecule has 4 heteroatoms. The van der Waals surface area contributed by atoms with E-state index in [2.05, 4.69) is 12.2 Å². The average Bonchev–Trinajstić information content (AvgIpc) is 2.61. The standard InChI is InChI=1S/C10H21NO3/c1-8-3-4-9(14-8)5-11-10(2,6-12)7-13/h8-9,11-13H,3-7H2,1-2H3. The predicted molar refractivity (Wildman–Crippen MR) is 54.1 cm³/mol. The van der Waals surface area contributed by atoms with Gasteiger partial charge in [-0.05, 0) is 26.7 Å². The second-order valence-electron chi connectivity index (χ2n) is 4.40. The largest absolute Gasteiger partial charge is 0.394 e. The number of aliphatic hydroxyl groups is 2. The van der Waals surface area contributed by atoms with Crippen molar-refractivity contribution in [2.75, 3.05) is 19.8 Å². The summed E-state index contributed by atoms with van der Waals surface area (Å²) < 4.78 is 5.62. The predicted octanol–water partition coefficient (Wildman–Crippen LogP) is -0.113. The van der Waals surface area contributed by atoms with Crippen LogP contribution in [0.1, 0.15) is 26.7 Å². The molecule has 0 aliphatic carbocycles. The van der Waals surface area contributed by atoms with Crippen molar-refractivity contribution in [1.82, 2.24) is 5.32 Å². The van der Waals surface area contributed by atoms with Crippen LogP contribution < -0.4 is 5.32 Å². The molecule has 1 heterocycles. The Hall–Kier alpha value is -0.160. The zero-order chi connectivity index (χ0) is 10.6. The van der Waals surface area contributed by atoms with Gasteiger partial charge in [-0.25, -0.2) is 0 Å². The lowest BCUT2D eigenvalue weighted by Crippen LogP contribution is -2.51. The molecule has 14 heavy (non-hydrogen) atoms. The minimum atomic E-state index is -0.588. The maximum atomic E-state index is 9.05. The summed E-state index contributed by atoms with van der Waals surface area (Å²) in [6.45, 7) is 4.43. The van der Waals surface area contributed by atoms with Crippen LogP contribution >= 0.6 is 0 Å². The first-order chi connectivity index (χ1) is 6.59. The Kier molecular flexibility index (Phi) is 4.31. The molecular weight excluding hydrogens is 182 g/mol. The van der Waals surface area contributed by atoms with E-state index in [9.17, 15) is 0 Å². The minimum Gasteiger partial charge on any atom is -0.394 e. The number of ether oxygens (including phenoxy) is 1. The SMILES string of the molecule is CC1CCC(CNC(C)(CO)CO)O1. The highest BCUT2D eigenvalue weighted by atomic mass is 16.5. The van der Waals surface area contributed by atoms with Gasteiger partial charge in [0.2, 0.25) is 0 Å². The highest BCUT2D eigenvalue weighted by molar-refractivity contribution is 4.84. The summed E-state index contributed by atoms with van der Waals surface area (Å²) >= 11 is 0. The molecule has 84 valence electrons. The Labute approximate surface area is 85.3 Å². The molecule has 1 fully saturated rings. The molecular formula is C10H21NO3. The van der Waals surface area contributed by atoms with E-state index in [1.165, 1.54) is 0 Å². The minimum absolute atomic E-state index is 0.0637. The molecule has 3 N–H and O–H groups in total. The Morgan fingerprint density at radius 2 is 2.00 bits per heavy atom. The van der Waals surface area contributed by atoms with Crippen LogP contribution in [0.5, 0.6) is 0 Å². The van der Waals surface area contributed by atoms with Crippen molar-refractivity contribution >= 4 is 0 Å². The zero-order valence-electron chi connectivity index (χ0n) is 8.99. The topological polar surface area (TPSA) is 61.7 Å². The number of nitrogens with one attached hydrogen (secondary N) is 1. The molecule has 0 bridgehead atoms. The third kappa shape index (κ3) is 3.20. The molecule has 0 aromatic heterocycles. The first kappa shape index (κ1) is 11.9. The maximum absolute atomic E-state index is 9.05. The molecule has 1 aliphatic heterocycles. The first-order valence-corrected chi connectivity index (χ1v) is 5.22. The quantitative estimate of drug-likeness (QED) is 0.583. The summed E-state index contributed by atoms with van der Waals surface area (Å²) in [6, 6.07) is 0. The highest BCUT2D eigenvalue weighted by Gasteiger charge is 2.26. The van der Waals surface area contributed by atoms with Crippen LogP contribution in [0.3, 0.4) is 0 Å². The van der Waals surface area contributed by atoms with E-state index in [4.69, 9.17) is 14.9 Å². The molecule has 0 saturated carbocycles. The van der Waals surface area contributed by atoms with Crippen molar-refractivity contribution in [3.63, 3.8) is 0 Å². The second-order valence-corrected chi connectivity index (χ2v) is 4.40. The zero-order valence-corrected chi connectivity index (χ0v) is 8.99. The van der Waals surface area contributed by atoms with E-state index in [0.717, 1.165) is 12.8 Å². The lowest BCUT2D eigenvalue weighted by atomic mass is 10.1. The molecule has 1 saturated heterocycles. The van der Waals surface area contributed by atoms with Gasteiger partial charge in [0.25, 0.3) is 0 Å². The van der Waals surface area contributed by atoms with E-state index in [1.807, 2.05) is 0 Å². The second kappa shape index (κ2) is 5.07. The Balaban J connectivity index is 2.25. The van der Waals surface area contributed by atoms with Crippen LogP contribution in [0, 0.1) is 0 Å². The van der Waals surface area contributed by atoms with Crippen LogP contribution in [0.2, 0.25) is 0 Å². The van der Waals surface area contributed by atoms with E-state index in [1.54, 1.807) is 6.92 Å². The van der Waals surface area contributed by atoms with Gasteiger partial charge >= 0.3 is 0 Å². The highest BCUT2D eigenvalue weighted by Crippen LogP contribution is 2.18. The van der Waals surface area contributed by atoms with Crippen LogP contribution in [-0.2, 0) is 4.74 Å². The number of rotatable bonds is 5. The van der Waals surface area contributed by atoms with E-state index in [0.29, 0.717) is 12.6 Å². The van der Waals surface area contributed by atoms with E-state index in [-0.39, 0.29) is 19.3 Å². The Morgan fingerprint density at radius 3 is 2.43 bits per heavy atom. The van der Waals surface area contributed by atoms with Gasteiger partial charge < -0.3 is 20.3 Å². The van der Waals surface area contributed by atoms with Gasteiger partial charge in [-0.1, -0.05) is 0 Å². The molecule has 1 aliphatic rings. The normalized spacial score (nSPS) is 28.3. The van der Waals surface area contributed by atoms with Crippen LogP contribution in [-0.4, -0.2) is 47.7 Å². The molecule has 4 nitrogen and oxygen atoms in total.